The fourth-order valence-corrected chi connectivity index (χ4v) is 3.24. The van der Waals surface area contributed by atoms with Crippen molar-refractivity contribution in [2.45, 2.75) is 25.0 Å². The molecule has 1 fully saturated rings. The predicted molar refractivity (Wildman–Crippen MR) is 77.6 cm³/mol. The van der Waals surface area contributed by atoms with Gasteiger partial charge in [-0.05, 0) is 43.6 Å². The molecule has 0 amide bonds. The van der Waals surface area contributed by atoms with E-state index in [0.717, 1.165) is 11.3 Å². The molecular weight excluding hydrogens is 240 g/mol. The molecule has 0 saturated carbocycles. The van der Waals surface area contributed by atoms with E-state index in [1.54, 1.807) is 0 Å². The molecule has 0 aliphatic carbocycles. The minimum absolute atomic E-state index is 0.768. The highest BCUT2D eigenvalue weighted by Gasteiger charge is 2.08. The summed E-state index contributed by atoms with van der Waals surface area (Å²) in [5.74, 6) is 2.21. The van der Waals surface area contributed by atoms with Gasteiger partial charge in [0.2, 0.25) is 0 Å². The van der Waals surface area contributed by atoms with E-state index in [9.17, 15) is 0 Å². The molecule has 2 rings (SSSR count). The first-order valence-corrected chi connectivity index (χ1v) is 7.83. The summed E-state index contributed by atoms with van der Waals surface area (Å²) in [5.41, 5.74) is 2.03. The third-order valence-electron chi connectivity index (χ3n) is 3.33. The number of rotatable bonds is 5. The predicted octanol–water partition coefficient (Wildman–Crippen LogP) is 3.28. The second-order valence-electron chi connectivity index (χ2n) is 4.77. The molecule has 0 atom stereocenters. The Bertz CT molecular complexity index is 405. The van der Waals surface area contributed by atoms with Crippen LogP contribution in [-0.2, 0) is 5.75 Å². The lowest BCUT2D eigenvalue weighted by Crippen LogP contribution is -2.31. The van der Waals surface area contributed by atoms with Crippen molar-refractivity contribution in [1.29, 1.82) is 5.26 Å². The average molecular weight is 260 g/mol. The molecule has 1 heterocycles. The van der Waals surface area contributed by atoms with Crippen LogP contribution in [0.15, 0.2) is 24.3 Å². The third-order valence-corrected chi connectivity index (χ3v) is 4.33. The fraction of sp³-hybridized carbons (Fsp3) is 0.533. The van der Waals surface area contributed by atoms with Crippen molar-refractivity contribution >= 4 is 11.8 Å². The molecule has 0 unspecified atom stereocenters. The van der Waals surface area contributed by atoms with Crippen LogP contribution in [0.5, 0.6) is 0 Å². The second kappa shape index (κ2) is 7.45. The van der Waals surface area contributed by atoms with Gasteiger partial charge in [0, 0.05) is 18.1 Å². The highest BCUT2D eigenvalue weighted by atomic mass is 32.2. The summed E-state index contributed by atoms with van der Waals surface area (Å²) in [6.45, 7) is 3.78. The van der Waals surface area contributed by atoms with Crippen molar-refractivity contribution in [2.75, 3.05) is 25.4 Å². The highest BCUT2D eigenvalue weighted by Crippen LogP contribution is 2.15. The Balaban J connectivity index is 1.67. The summed E-state index contributed by atoms with van der Waals surface area (Å²) in [6.07, 6.45) is 4.15. The summed E-state index contributed by atoms with van der Waals surface area (Å²) < 4.78 is 0. The lowest BCUT2D eigenvalue weighted by molar-refractivity contribution is 0.242. The van der Waals surface area contributed by atoms with E-state index < -0.39 is 0 Å². The van der Waals surface area contributed by atoms with Crippen LogP contribution in [0.3, 0.4) is 0 Å². The molecule has 0 spiro atoms. The monoisotopic (exact) mass is 260 g/mol. The molecule has 0 radical (unpaired) electrons. The Morgan fingerprint density at radius 3 is 2.83 bits per heavy atom. The smallest absolute Gasteiger partial charge is 0.0991 e. The summed E-state index contributed by atoms with van der Waals surface area (Å²) in [7, 11) is 0. The number of piperidine rings is 1. The van der Waals surface area contributed by atoms with Gasteiger partial charge < -0.3 is 4.90 Å². The molecule has 1 aliphatic heterocycles. The average Bonchev–Trinajstić information content (AvgIpc) is 2.45. The van der Waals surface area contributed by atoms with E-state index in [1.165, 1.54) is 50.2 Å². The molecule has 1 saturated heterocycles. The van der Waals surface area contributed by atoms with Crippen LogP contribution in [0.25, 0.3) is 0 Å². The lowest BCUT2D eigenvalue weighted by atomic mass is 10.1. The summed E-state index contributed by atoms with van der Waals surface area (Å²) in [4.78, 5) is 2.57. The van der Waals surface area contributed by atoms with E-state index in [-0.39, 0.29) is 0 Å². The van der Waals surface area contributed by atoms with Crippen molar-refractivity contribution in [2.24, 2.45) is 0 Å². The molecule has 1 aliphatic rings. The number of thioether (sulfide) groups is 1. The van der Waals surface area contributed by atoms with Gasteiger partial charge >= 0.3 is 0 Å². The maximum Gasteiger partial charge on any atom is 0.0991 e. The van der Waals surface area contributed by atoms with Gasteiger partial charge in [-0.15, -0.1) is 0 Å². The van der Waals surface area contributed by atoms with Gasteiger partial charge in [-0.3, -0.25) is 0 Å². The third kappa shape index (κ3) is 4.36. The molecule has 96 valence electrons. The molecule has 1 aromatic rings. The Kier molecular flexibility index (Phi) is 5.57. The molecule has 3 heteroatoms. The van der Waals surface area contributed by atoms with Gasteiger partial charge in [0.15, 0.2) is 0 Å². The lowest BCUT2D eigenvalue weighted by Gasteiger charge is -2.26. The van der Waals surface area contributed by atoms with Gasteiger partial charge in [-0.25, -0.2) is 0 Å². The number of nitrogens with zero attached hydrogens (tertiary/aromatic N) is 2. The Morgan fingerprint density at radius 1 is 1.22 bits per heavy atom. The van der Waals surface area contributed by atoms with Crippen molar-refractivity contribution in [3.63, 3.8) is 0 Å². The summed E-state index contributed by atoms with van der Waals surface area (Å²) in [6, 6.07) is 10.1. The van der Waals surface area contributed by atoms with E-state index in [4.69, 9.17) is 5.26 Å². The van der Waals surface area contributed by atoms with Crippen LogP contribution in [0.4, 0.5) is 0 Å². The van der Waals surface area contributed by atoms with Gasteiger partial charge in [0.05, 0.1) is 11.6 Å². The van der Waals surface area contributed by atoms with Crippen molar-refractivity contribution in [1.82, 2.24) is 4.90 Å². The van der Waals surface area contributed by atoms with Crippen LogP contribution in [0.2, 0.25) is 0 Å². The number of likely N-dealkylation sites (tertiary alicyclic amines) is 1. The SMILES string of the molecule is N#Cc1cccc(CSCCN2CCCCC2)c1. The molecule has 0 bridgehead atoms. The van der Waals surface area contributed by atoms with Crippen LogP contribution in [0.1, 0.15) is 30.4 Å². The number of hydrogen-bond donors (Lipinski definition) is 0. The first-order valence-electron chi connectivity index (χ1n) is 6.67. The minimum atomic E-state index is 0.768. The maximum atomic E-state index is 8.84. The first kappa shape index (κ1) is 13.5. The second-order valence-corrected chi connectivity index (χ2v) is 5.87. The molecule has 2 nitrogen and oxygen atoms in total. The Labute approximate surface area is 114 Å². The number of benzene rings is 1. The zero-order chi connectivity index (χ0) is 12.6. The molecule has 0 N–H and O–H groups in total. The normalized spacial score (nSPS) is 16.4. The highest BCUT2D eigenvalue weighted by molar-refractivity contribution is 7.98. The van der Waals surface area contributed by atoms with Crippen LogP contribution < -0.4 is 0 Å². The summed E-state index contributed by atoms with van der Waals surface area (Å²) >= 11 is 1.97. The zero-order valence-electron chi connectivity index (χ0n) is 10.8. The maximum absolute atomic E-state index is 8.84. The Hall–Kier alpha value is -0.980. The topological polar surface area (TPSA) is 27.0 Å². The van der Waals surface area contributed by atoms with Gasteiger partial charge in [0.25, 0.3) is 0 Å². The standard InChI is InChI=1S/C15H20N2S/c16-12-14-5-4-6-15(11-14)13-18-10-9-17-7-2-1-3-8-17/h4-6,11H,1-3,7-10,13H2. The first-order chi connectivity index (χ1) is 8.88. The largest absolute Gasteiger partial charge is 0.303 e. The molecular formula is C15H20N2S. The van der Waals surface area contributed by atoms with Crippen molar-refractivity contribution < 1.29 is 0 Å². The van der Waals surface area contributed by atoms with Crippen LogP contribution >= 0.6 is 11.8 Å². The molecule has 1 aromatic carbocycles. The summed E-state index contributed by atoms with van der Waals surface area (Å²) in [5, 5.41) is 8.84. The van der Waals surface area contributed by atoms with Gasteiger partial charge in [-0.1, -0.05) is 18.6 Å². The minimum Gasteiger partial charge on any atom is -0.303 e. The van der Waals surface area contributed by atoms with Crippen molar-refractivity contribution in [3.05, 3.63) is 35.4 Å². The molecule has 18 heavy (non-hydrogen) atoms. The fourth-order valence-electron chi connectivity index (χ4n) is 2.30. The zero-order valence-corrected chi connectivity index (χ0v) is 11.6. The van der Waals surface area contributed by atoms with Gasteiger partial charge in [0.1, 0.15) is 0 Å². The van der Waals surface area contributed by atoms with E-state index >= 15 is 0 Å². The molecule has 0 aromatic heterocycles. The van der Waals surface area contributed by atoms with Gasteiger partial charge in [-0.2, -0.15) is 17.0 Å². The van der Waals surface area contributed by atoms with E-state index in [0.29, 0.717) is 0 Å². The number of nitriles is 1. The quantitative estimate of drug-likeness (QED) is 0.760. The van der Waals surface area contributed by atoms with Crippen LogP contribution in [0, 0.1) is 11.3 Å². The van der Waals surface area contributed by atoms with Crippen molar-refractivity contribution in [3.8, 4) is 6.07 Å². The van der Waals surface area contributed by atoms with E-state index in [2.05, 4.69) is 17.0 Å². The van der Waals surface area contributed by atoms with Crippen LogP contribution in [-0.4, -0.2) is 30.3 Å². The Morgan fingerprint density at radius 2 is 2.06 bits per heavy atom. The van der Waals surface area contributed by atoms with E-state index in [1.807, 2.05) is 30.0 Å². The number of hydrogen-bond acceptors (Lipinski definition) is 3.